The molecule has 1 amide bonds. The van der Waals surface area contributed by atoms with Gasteiger partial charge in [-0.25, -0.2) is 4.79 Å². The first-order chi connectivity index (χ1) is 13.9. The molecule has 1 aliphatic heterocycles. The second kappa shape index (κ2) is 7.27. The molecule has 162 valence electrons. The maximum absolute atomic E-state index is 12.6. The van der Waals surface area contributed by atoms with Gasteiger partial charge in [-0.2, -0.15) is 0 Å². The van der Waals surface area contributed by atoms with Crippen LogP contribution in [0.1, 0.15) is 97.3 Å². The standard InChI is InChI=1S/C25H39NO3/c1-24-12-4-5-19(24)18-9-8-16-15-17(10-14-25(16,2)20(18)11-13-24)29-23(28)21-6-3-7-22(27)26-21/h16-21H,3-15H2,1-2H3,(H,26,27)/t16-,17-,18+,19+,20+,21?,24+,25+/m1/s1. The molecule has 0 radical (unpaired) electrons. The Hall–Kier alpha value is -1.06. The second-order valence-electron chi connectivity index (χ2n) is 11.6. The van der Waals surface area contributed by atoms with E-state index in [0.29, 0.717) is 23.2 Å². The van der Waals surface area contributed by atoms with Crippen LogP contribution >= 0.6 is 0 Å². The molecule has 1 N–H and O–H groups in total. The Labute approximate surface area is 175 Å². The van der Waals surface area contributed by atoms with Gasteiger partial charge in [0.1, 0.15) is 12.1 Å². The van der Waals surface area contributed by atoms with Crippen LogP contribution in [0.2, 0.25) is 0 Å². The number of nitrogens with one attached hydrogen (secondary N) is 1. The van der Waals surface area contributed by atoms with Crippen molar-refractivity contribution in [2.24, 2.45) is 34.5 Å². The maximum Gasteiger partial charge on any atom is 0.328 e. The molecule has 0 aromatic heterocycles. The fourth-order valence-electron chi connectivity index (χ4n) is 8.55. The Balaban J connectivity index is 1.23. The van der Waals surface area contributed by atoms with Gasteiger partial charge in [0.15, 0.2) is 0 Å². The zero-order valence-corrected chi connectivity index (χ0v) is 18.4. The van der Waals surface area contributed by atoms with Gasteiger partial charge < -0.3 is 10.1 Å². The summed E-state index contributed by atoms with van der Waals surface area (Å²) in [6, 6.07) is -0.418. The summed E-state index contributed by atoms with van der Waals surface area (Å²) >= 11 is 0. The van der Waals surface area contributed by atoms with Crippen molar-refractivity contribution >= 4 is 11.9 Å². The van der Waals surface area contributed by atoms with Crippen LogP contribution in [0.25, 0.3) is 0 Å². The molecule has 0 aromatic rings. The van der Waals surface area contributed by atoms with Crippen LogP contribution in [0.15, 0.2) is 0 Å². The van der Waals surface area contributed by atoms with E-state index >= 15 is 0 Å². The van der Waals surface area contributed by atoms with Crippen molar-refractivity contribution in [1.82, 2.24) is 5.32 Å². The van der Waals surface area contributed by atoms with Gasteiger partial charge in [-0.15, -0.1) is 0 Å². The summed E-state index contributed by atoms with van der Waals surface area (Å²) < 4.78 is 5.94. The van der Waals surface area contributed by atoms with E-state index in [1.807, 2.05) is 0 Å². The highest BCUT2D eigenvalue weighted by molar-refractivity contribution is 5.85. The highest BCUT2D eigenvalue weighted by atomic mass is 16.5. The summed E-state index contributed by atoms with van der Waals surface area (Å²) in [5, 5.41) is 2.82. The minimum atomic E-state index is -0.418. The molecule has 0 aromatic carbocycles. The summed E-state index contributed by atoms with van der Waals surface area (Å²) in [5.41, 5.74) is 1.07. The molecule has 5 aliphatic rings. The van der Waals surface area contributed by atoms with Crippen LogP contribution in [0.4, 0.5) is 0 Å². The molecule has 1 saturated heterocycles. The predicted octanol–water partition coefficient (Wildman–Crippen LogP) is 5.00. The van der Waals surface area contributed by atoms with Crippen molar-refractivity contribution in [2.45, 2.75) is 109 Å². The fourth-order valence-corrected chi connectivity index (χ4v) is 8.55. The average Bonchev–Trinajstić information content (AvgIpc) is 3.10. The minimum Gasteiger partial charge on any atom is -0.461 e. The predicted molar refractivity (Wildman–Crippen MR) is 112 cm³/mol. The Kier molecular flexibility index (Phi) is 4.98. The molecular weight excluding hydrogens is 362 g/mol. The van der Waals surface area contributed by atoms with Crippen molar-refractivity contribution in [1.29, 1.82) is 0 Å². The molecular formula is C25H39NO3. The van der Waals surface area contributed by atoms with E-state index in [2.05, 4.69) is 19.2 Å². The van der Waals surface area contributed by atoms with Crippen LogP contribution in [0, 0.1) is 34.5 Å². The Morgan fingerprint density at radius 3 is 2.66 bits per heavy atom. The Morgan fingerprint density at radius 2 is 1.83 bits per heavy atom. The first-order valence-corrected chi connectivity index (χ1v) is 12.4. The van der Waals surface area contributed by atoms with Gasteiger partial charge in [-0.1, -0.05) is 20.3 Å². The topological polar surface area (TPSA) is 55.4 Å². The minimum absolute atomic E-state index is 0.0102. The normalized spacial score (nSPS) is 49.4. The van der Waals surface area contributed by atoms with Gasteiger partial charge in [-0.05, 0) is 105 Å². The lowest BCUT2D eigenvalue weighted by atomic mass is 9.45. The lowest BCUT2D eigenvalue weighted by Gasteiger charge is -2.60. The molecule has 29 heavy (non-hydrogen) atoms. The number of hydrogen-bond donors (Lipinski definition) is 1. The van der Waals surface area contributed by atoms with E-state index in [1.54, 1.807) is 0 Å². The summed E-state index contributed by atoms with van der Waals surface area (Å²) in [4.78, 5) is 24.2. The first kappa shape index (κ1) is 19.9. The van der Waals surface area contributed by atoms with E-state index in [0.717, 1.165) is 43.4 Å². The molecule has 8 atom stereocenters. The van der Waals surface area contributed by atoms with Crippen molar-refractivity contribution in [3.8, 4) is 0 Å². The number of rotatable bonds is 2. The van der Waals surface area contributed by atoms with E-state index in [-0.39, 0.29) is 18.0 Å². The lowest BCUT2D eigenvalue weighted by molar-refractivity contribution is -0.165. The fraction of sp³-hybridized carbons (Fsp3) is 0.920. The van der Waals surface area contributed by atoms with Crippen molar-refractivity contribution in [2.75, 3.05) is 0 Å². The SMILES string of the molecule is C[C@@]12CCC[C@H]1[C@@H]1CC[C@@H]3C[C@H](OC(=O)C4CCCC(=O)N4)CC[C@]3(C)[C@H]1CC2. The van der Waals surface area contributed by atoms with Crippen LogP contribution in [-0.2, 0) is 14.3 Å². The number of carbonyl (C=O) groups is 2. The van der Waals surface area contributed by atoms with E-state index in [4.69, 9.17) is 4.74 Å². The molecule has 5 rings (SSSR count). The molecule has 1 heterocycles. The van der Waals surface area contributed by atoms with Crippen LogP contribution in [-0.4, -0.2) is 24.0 Å². The van der Waals surface area contributed by atoms with Gasteiger partial charge in [0.05, 0.1) is 0 Å². The molecule has 4 heteroatoms. The third-order valence-electron chi connectivity index (χ3n) is 10.2. The third kappa shape index (κ3) is 3.33. The maximum atomic E-state index is 12.6. The Bertz CT molecular complexity index is 677. The van der Waals surface area contributed by atoms with Crippen molar-refractivity contribution in [3.63, 3.8) is 0 Å². The van der Waals surface area contributed by atoms with Gasteiger partial charge in [0.25, 0.3) is 0 Å². The quantitative estimate of drug-likeness (QED) is 0.663. The highest BCUT2D eigenvalue weighted by Gasteiger charge is 2.58. The van der Waals surface area contributed by atoms with E-state index in [9.17, 15) is 9.59 Å². The van der Waals surface area contributed by atoms with E-state index < -0.39 is 6.04 Å². The zero-order chi connectivity index (χ0) is 20.2. The largest absolute Gasteiger partial charge is 0.461 e. The summed E-state index contributed by atoms with van der Waals surface area (Å²) in [6.45, 7) is 5.15. The van der Waals surface area contributed by atoms with Gasteiger partial charge >= 0.3 is 5.97 Å². The lowest BCUT2D eigenvalue weighted by Crippen LogP contribution is -2.54. The first-order valence-electron chi connectivity index (χ1n) is 12.4. The smallest absolute Gasteiger partial charge is 0.328 e. The monoisotopic (exact) mass is 401 g/mol. The Morgan fingerprint density at radius 1 is 0.966 bits per heavy atom. The number of carbonyl (C=O) groups excluding carboxylic acids is 2. The van der Waals surface area contributed by atoms with Crippen LogP contribution in [0.5, 0.6) is 0 Å². The molecule has 0 bridgehead atoms. The molecule has 1 unspecified atom stereocenters. The van der Waals surface area contributed by atoms with Gasteiger partial charge in [-0.3, -0.25) is 4.79 Å². The number of hydrogen-bond acceptors (Lipinski definition) is 3. The molecule has 4 aliphatic carbocycles. The van der Waals surface area contributed by atoms with Crippen LogP contribution in [0.3, 0.4) is 0 Å². The van der Waals surface area contributed by atoms with Gasteiger partial charge in [0, 0.05) is 6.42 Å². The van der Waals surface area contributed by atoms with Crippen molar-refractivity contribution < 1.29 is 14.3 Å². The molecule has 4 saturated carbocycles. The molecule has 4 nitrogen and oxygen atoms in total. The molecule has 5 fully saturated rings. The number of fused-ring (bicyclic) bond motifs is 5. The summed E-state index contributed by atoms with van der Waals surface area (Å²) in [7, 11) is 0. The third-order valence-corrected chi connectivity index (χ3v) is 10.2. The molecule has 0 spiro atoms. The zero-order valence-electron chi connectivity index (χ0n) is 18.4. The number of esters is 1. The van der Waals surface area contributed by atoms with Crippen LogP contribution < -0.4 is 5.32 Å². The second-order valence-corrected chi connectivity index (χ2v) is 11.6. The van der Waals surface area contributed by atoms with E-state index in [1.165, 1.54) is 51.4 Å². The summed E-state index contributed by atoms with van der Waals surface area (Å²) in [5.74, 6) is 3.27. The number of ether oxygens (including phenoxy) is 1. The number of piperidine rings is 1. The highest BCUT2D eigenvalue weighted by Crippen LogP contribution is 2.66. The number of amides is 1. The average molecular weight is 402 g/mol. The van der Waals surface area contributed by atoms with Crippen molar-refractivity contribution in [3.05, 3.63) is 0 Å². The van der Waals surface area contributed by atoms with Gasteiger partial charge in [0.2, 0.25) is 5.91 Å². The summed E-state index contributed by atoms with van der Waals surface area (Å²) in [6.07, 6.45) is 15.3.